The molecule has 0 N–H and O–H groups in total. The van der Waals surface area contributed by atoms with Crippen LogP contribution in [0, 0.1) is 22.7 Å². The maximum atomic E-state index is 9.19. The molecule has 0 atom stereocenters. The maximum Gasteiger partial charge on any atom is 0.179 e. The summed E-state index contributed by atoms with van der Waals surface area (Å²) in [5, 5.41) is 26.0. The summed E-state index contributed by atoms with van der Waals surface area (Å²) in [5.41, 5.74) is 1.95. The van der Waals surface area contributed by atoms with Crippen molar-refractivity contribution in [3.8, 4) is 18.0 Å². The summed E-state index contributed by atoms with van der Waals surface area (Å²) in [4.78, 5) is 4.42. The highest BCUT2D eigenvalue weighted by Crippen LogP contribution is 2.22. The molecular weight excluding hydrogens is 252 g/mol. The number of hydrogen-bond acceptors (Lipinski definition) is 5. The van der Waals surface area contributed by atoms with Crippen molar-refractivity contribution in [3.63, 3.8) is 0 Å². The quantitative estimate of drug-likeness (QED) is 0.700. The van der Waals surface area contributed by atoms with Gasteiger partial charge in [0.25, 0.3) is 0 Å². The van der Waals surface area contributed by atoms with Gasteiger partial charge in [0.05, 0.1) is 35.3 Å². The number of fused-ring (bicyclic) bond motifs is 1. The number of aromatic nitrogens is 4. The second-order valence-electron chi connectivity index (χ2n) is 4.07. The summed E-state index contributed by atoms with van der Waals surface area (Å²) < 4.78 is 1.71. The molecule has 6 nitrogen and oxygen atoms in total. The van der Waals surface area contributed by atoms with E-state index >= 15 is 0 Å². The number of rotatable bonds is 2. The maximum absolute atomic E-state index is 9.19. The largest absolute Gasteiger partial charge is 0.277 e. The SMILES string of the molecule is N#CCc1nc2ccccc2n1-c1nnccc1C#N. The predicted octanol–water partition coefficient (Wildman–Crippen LogP) is 1.75. The Morgan fingerprint density at radius 2 is 2.00 bits per heavy atom. The third-order valence-electron chi connectivity index (χ3n) is 2.90. The molecule has 3 aromatic rings. The molecule has 0 fully saturated rings. The van der Waals surface area contributed by atoms with Crippen LogP contribution in [0.2, 0.25) is 0 Å². The van der Waals surface area contributed by atoms with Crippen LogP contribution in [-0.4, -0.2) is 19.7 Å². The molecule has 1 aromatic carbocycles. The van der Waals surface area contributed by atoms with Gasteiger partial charge in [0.2, 0.25) is 0 Å². The highest BCUT2D eigenvalue weighted by atomic mass is 15.2. The Kier molecular flexibility index (Phi) is 2.83. The number of hydrogen-bond donors (Lipinski definition) is 0. The Morgan fingerprint density at radius 3 is 2.80 bits per heavy atom. The van der Waals surface area contributed by atoms with E-state index in [0.29, 0.717) is 17.2 Å². The van der Waals surface area contributed by atoms with Crippen molar-refractivity contribution in [2.75, 3.05) is 0 Å². The second-order valence-corrected chi connectivity index (χ2v) is 4.07. The Hall–Kier alpha value is -3.25. The molecule has 20 heavy (non-hydrogen) atoms. The minimum Gasteiger partial charge on any atom is -0.277 e. The molecular formula is C14H8N6. The van der Waals surface area contributed by atoms with E-state index in [4.69, 9.17) is 5.26 Å². The molecule has 0 saturated carbocycles. The Bertz CT molecular complexity index is 865. The highest BCUT2D eigenvalue weighted by Gasteiger charge is 2.16. The first kappa shape index (κ1) is 11.8. The fourth-order valence-electron chi connectivity index (χ4n) is 2.08. The molecule has 94 valence electrons. The lowest BCUT2D eigenvalue weighted by Crippen LogP contribution is -2.06. The summed E-state index contributed by atoms with van der Waals surface area (Å²) in [6.07, 6.45) is 1.60. The van der Waals surface area contributed by atoms with Gasteiger partial charge in [-0.05, 0) is 18.2 Å². The molecule has 3 rings (SSSR count). The van der Waals surface area contributed by atoms with Gasteiger partial charge in [-0.25, -0.2) is 4.98 Å². The van der Waals surface area contributed by atoms with Crippen molar-refractivity contribution in [1.82, 2.24) is 19.7 Å². The average Bonchev–Trinajstić information content (AvgIpc) is 2.85. The van der Waals surface area contributed by atoms with E-state index in [2.05, 4.69) is 27.3 Å². The summed E-state index contributed by atoms with van der Waals surface area (Å²) in [6.45, 7) is 0. The first-order valence-electron chi connectivity index (χ1n) is 5.90. The molecule has 0 saturated heterocycles. The van der Waals surface area contributed by atoms with Crippen molar-refractivity contribution in [1.29, 1.82) is 10.5 Å². The molecule has 0 aliphatic carbocycles. The van der Waals surface area contributed by atoms with Crippen molar-refractivity contribution >= 4 is 11.0 Å². The van der Waals surface area contributed by atoms with Gasteiger partial charge in [-0.1, -0.05) is 12.1 Å². The zero-order chi connectivity index (χ0) is 13.9. The number of nitrogens with zero attached hydrogens (tertiary/aromatic N) is 6. The molecule has 0 unspecified atom stereocenters. The standard InChI is InChI=1S/C14H8N6/c15-7-5-13-18-11-3-1-2-4-12(11)20(13)14-10(9-16)6-8-17-19-14/h1-4,6,8H,5H2. The van der Waals surface area contributed by atoms with Crippen LogP contribution in [0.3, 0.4) is 0 Å². The molecule has 0 amide bonds. The average molecular weight is 260 g/mol. The molecule has 0 spiro atoms. The van der Waals surface area contributed by atoms with Gasteiger partial charge in [-0.2, -0.15) is 15.6 Å². The van der Waals surface area contributed by atoms with Crippen molar-refractivity contribution in [2.45, 2.75) is 6.42 Å². The summed E-state index contributed by atoms with van der Waals surface area (Å²) >= 11 is 0. The van der Waals surface area contributed by atoms with Gasteiger partial charge in [0.1, 0.15) is 11.9 Å². The van der Waals surface area contributed by atoms with Crippen LogP contribution in [0.4, 0.5) is 0 Å². The summed E-state index contributed by atoms with van der Waals surface area (Å²) in [6, 6.07) is 13.2. The first-order chi connectivity index (χ1) is 9.85. The second kappa shape index (κ2) is 4.79. The smallest absolute Gasteiger partial charge is 0.179 e. The molecule has 2 aromatic heterocycles. The lowest BCUT2D eigenvalue weighted by atomic mass is 10.2. The number of para-hydroxylation sites is 2. The molecule has 0 aliphatic heterocycles. The third kappa shape index (κ3) is 1.76. The zero-order valence-electron chi connectivity index (χ0n) is 10.4. The van der Waals surface area contributed by atoms with E-state index in [0.717, 1.165) is 11.0 Å². The van der Waals surface area contributed by atoms with Gasteiger partial charge in [-0.15, -0.1) is 5.10 Å². The van der Waals surface area contributed by atoms with Crippen LogP contribution < -0.4 is 0 Å². The van der Waals surface area contributed by atoms with Crippen LogP contribution in [0.1, 0.15) is 11.4 Å². The van der Waals surface area contributed by atoms with E-state index < -0.39 is 0 Å². The van der Waals surface area contributed by atoms with Crippen LogP contribution >= 0.6 is 0 Å². The van der Waals surface area contributed by atoms with E-state index in [1.807, 2.05) is 24.3 Å². The Labute approximate surface area is 114 Å². The molecule has 0 radical (unpaired) electrons. The van der Waals surface area contributed by atoms with Crippen LogP contribution in [0.25, 0.3) is 16.9 Å². The van der Waals surface area contributed by atoms with Gasteiger partial charge in [0, 0.05) is 0 Å². The number of nitriles is 2. The minimum absolute atomic E-state index is 0.135. The normalized spacial score (nSPS) is 10.1. The molecule has 6 heteroatoms. The van der Waals surface area contributed by atoms with Gasteiger partial charge in [-0.3, -0.25) is 4.57 Å². The van der Waals surface area contributed by atoms with Gasteiger partial charge in [0.15, 0.2) is 5.82 Å². The number of imidazole rings is 1. The molecule has 2 heterocycles. The minimum atomic E-state index is 0.135. The molecule has 0 aliphatic rings. The van der Waals surface area contributed by atoms with Crippen molar-refractivity contribution in [2.24, 2.45) is 0 Å². The molecule has 0 bridgehead atoms. The zero-order valence-corrected chi connectivity index (χ0v) is 10.4. The topological polar surface area (TPSA) is 91.2 Å². The summed E-state index contributed by atoms with van der Waals surface area (Å²) in [7, 11) is 0. The van der Waals surface area contributed by atoms with Crippen molar-refractivity contribution in [3.05, 3.63) is 47.9 Å². The third-order valence-corrected chi connectivity index (χ3v) is 2.90. The van der Waals surface area contributed by atoms with E-state index in [1.165, 1.54) is 6.20 Å². The predicted molar refractivity (Wildman–Crippen MR) is 70.7 cm³/mol. The Balaban J connectivity index is 2.37. The van der Waals surface area contributed by atoms with Gasteiger partial charge >= 0.3 is 0 Å². The van der Waals surface area contributed by atoms with Crippen LogP contribution in [-0.2, 0) is 6.42 Å². The van der Waals surface area contributed by atoms with Gasteiger partial charge < -0.3 is 0 Å². The Morgan fingerprint density at radius 1 is 1.15 bits per heavy atom. The van der Waals surface area contributed by atoms with E-state index in [-0.39, 0.29) is 6.42 Å². The lowest BCUT2D eigenvalue weighted by molar-refractivity contribution is 0.873. The monoisotopic (exact) mass is 260 g/mol. The van der Waals surface area contributed by atoms with Crippen LogP contribution in [0.15, 0.2) is 36.5 Å². The highest BCUT2D eigenvalue weighted by molar-refractivity contribution is 5.78. The van der Waals surface area contributed by atoms with E-state index in [1.54, 1.807) is 10.6 Å². The first-order valence-corrected chi connectivity index (χ1v) is 5.90. The number of benzene rings is 1. The fourth-order valence-corrected chi connectivity index (χ4v) is 2.08. The summed E-state index contributed by atoms with van der Waals surface area (Å²) in [5.74, 6) is 0.944. The van der Waals surface area contributed by atoms with Crippen molar-refractivity contribution < 1.29 is 0 Å². The van der Waals surface area contributed by atoms with E-state index in [9.17, 15) is 5.26 Å². The fraction of sp³-hybridized carbons (Fsp3) is 0.0714. The lowest BCUT2D eigenvalue weighted by Gasteiger charge is -2.06. The van der Waals surface area contributed by atoms with Crippen LogP contribution in [0.5, 0.6) is 0 Å².